The first-order chi connectivity index (χ1) is 10.0. The Labute approximate surface area is 121 Å². The number of carbonyl (C=O) groups excluding carboxylic acids is 2. The van der Waals surface area contributed by atoms with E-state index in [0.29, 0.717) is 19.5 Å². The molecule has 1 rings (SSSR count). The summed E-state index contributed by atoms with van der Waals surface area (Å²) in [6.07, 6.45) is 3.68. The molecule has 0 saturated heterocycles. The highest BCUT2D eigenvalue weighted by atomic mass is 16.5. The van der Waals surface area contributed by atoms with E-state index in [-0.39, 0.29) is 0 Å². The number of aliphatic carboxylic acids is 1. The fourth-order valence-corrected chi connectivity index (χ4v) is 1.54. The number of hydrogen-bond donors (Lipinski definition) is 3. The first-order valence-electron chi connectivity index (χ1n) is 6.34. The molecule has 0 saturated carbocycles. The van der Waals surface area contributed by atoms with Gasteiger partial charge in [-0.05, 0) is 12.5 Å². The van der Waals surface area contributed by atoms with Crippen molar-refractivity contribution in [3.05, 3.63) is 18.5 Å². The predicted molar refractivity (Wildman–Crippen MR) is 71.4 cm³/mol. The van der Waals surface area contributed by atoms with Crippen molar-refractivity contribution in [2.24, 2.45) is 0 Å². The molecule has 0 fully saturated rings. The van der Waals surface area contributed by atoms with Crippen molar-refractivity contribution in [2.75, 3.05) is 13.7 Å². The second-order valence-corrected chi connectivity index (χ2v) is 4.19. The quantitative estimate of drug-likeness (QED) is 0.443. The van der Waals surface area contributed by atoms with Gasteiger partial charge < -0.3 is 20.5 Å². The normalized spacial score (nSPS) is 11.5. The van der Waals surface area contributed by atoms with Crippen LogP contribution in [0.2, 0.25) is 0 Å². The molecule has 1 aromatic heterocycles. The van der Waals surface area contributed by atoms with Crippen molar-refractivity contribution in [1.29, 1.82) is 0 Å². The number of carboxylic acids is 1. The number of hydrogen-bond acceptors (Lipinski definition) is 5. The smallest absolute Gasteiger partial charge is 0.326 e. The molecule has 116 valence electrons. The lowest BCUT2D eigenvalue weighted by Crippen LogP contribution is -2.47. The van der Waals surface area contributed by atoms with E-state index in [4.69, 9.17) is 5.11 Å². The van der Waals surface area contributed by atoms with Gasteiger partial charge in [0.05, 0.1) is 13.5 Å². The van der Waals surface area contributed by atoms with Crippen LogP contribution in [0.5, 0.6) is 0 Å². The molecule has 0 bridgehead atoms. The number of aryl methyl sites for hydroxylation is 1. The van der Waals surface area contributed by atoms with Crippen LogP contribution in [0.3, 0.4) is 0 Å². The minimum absolute atomic E-state index is 0.357. The van der Waals surface area contributed by atoms with E-state index >= 15 is 0 Å². The highest BCUT2D eigenvalue weighted by Gasteiger charge is 2.23. The molecule has 9 heteroatoms. The van der Waals surface area contributed by atoms with Crippen LogP contribution in [0.15, 0.2) is 18.5 Å². The lowest BCUT2D eigenvalue weighted by molar-refractivity contribution is -0.147. The van der Waals surface area contributed by atoms with Crippen LogP contribution >= 0.6 is 0 Å². The first kappa shape index (κ1) is 16.5. The topological polar surface area (TPSA) is 123 Å². The summed E-state index contributed by atoms with van der Waals surface area (Å²) in [5.74, 6) is -2.01. The van der Waals surface area contributed by atoms with E-state index in [9.17, 15) is 14.4 Å². The molecular weight excluding hydrogens is 280 g/mol. The molecule has 1 heterocycles. The van der Waals surface area contributed by atoms with Crippen molar-refractivity contribution >= 4 is 18.0 Å². The molecule has 21 heavy (non-hydrogen) atoms. The van der Waals surface area contributed by atoms with Gasteiger partial charge in [-0.15, -0.1) is 0 Å². The Morgan fingerprint density at radius 3 is 2.76 bits per heavy atom. The van der Waals surface area contributed by atoms with Crippen molar-refractivity contribution in [2.45, 2.75) is 25.4 Å². The van der Waals surface area contributed by atoms with Gasteiger partial charge in [-0.3, -0.25) is 9.48 Å². The number of esters is 1. The summed E-state index contributed by atoms with van der Waals surface area (Å²) in [6.45, 7) is 0.994. The third kappa shape index (κ3) is 6.41. The van der Waals surface area contributed by atoms with Crippen molar-refractivity contribution < 1.29 is 24.2 Å². The fourth-order valence-electron chi connectivity index (χ4n) is 1.54. The lowest BCUT2D eigenvalue weighted by Gasteiger charge is -2.14. The van der Waals surface area contributed by atoms with Gasteiger partial charge >= 0.3 is 18.0 Å². The highest BCUT2D eigenvalue weighted by molar-refractivity contribution is 5.86. The summed E-state index contributed by atoms with van der Waals surface area (Å²) in [6, 6.07) is -0.167. The Balaban J connectivity index is 2.26. The third-order valence-corrected chi connectivity index (χ3v) is 2.61. The minimum Gasteiger partial charge on any atom is -0.480 e. The zero-order valence-electron chi connectivity index (χ0n) is 11.6. The average Bonchev–Trinajstić information content (AvgIpc) is 2.95. The van der Waals surface area contributed by atoms with E-state index in [1.54, 1.807) is 23.1 Å². The average molecular weight is 298 g/mol. The number of carboxylic acid groups (broad SMARTS) is 1. The molecule has 2 amide bonds. The second kappa shape index (κ2) is 8.56. The zero-order valence-corrected chi connectivity index (χ0v) is 11.6. The summed E-state index contributed by atoms with van der Waals surface area (Å²) in [5, 5.41) is 17.6. The van der Waals surface area contributed by atoms with E-state index in [2.05, 4.69) is 20.5 Å². The largest absolute Gasteiger partial charge is 0.480 e. The predicted octanol–water partition coefficient (Wildman–Crippen LogP) is -0.411. The third-order valence-electron chi connectivity index (χ3n) is 2.61. The Hall–Kier alpha value is -2.58. The van der Waals surface area contributed by atoms with Crippen LogP contribution in [0.25, 0.3) is 0 Å². The maximum atomic E-state index is 11.5. The molecule has 0 aliphatic carbocycles. The molecule has 1 atom stereocenters. The number of urea groups is 1. The Kier molecular flexibility index (Phi) is 6.72. The maximum Gasteiger partial charge on any atom is 0.326 e. The number of nitrogens with zero attached hydrogens (tertiary/aromatic N) is 2. The van der Waals surface area contributed by atoms with Crippen LogP contribution in [0, 0.1) is 0 Å². The van der Waals surface area contributed by atoms with Crippen LogP contribution in [-0.2, 0) is 20.9 Å². The van der Waals surface area contributed by atoms with E-state index in [0.717, 1.165) is 7.11 Å². The maximum absolute atomic E-state index is 11.5. The fraction of sp³-hybridized carbons (Fsp3) is 0.500. The van der Waals surface area contributed by atoms with Gasteiger partial charge in [0.2, 0.25) is 0 Å². The molecule has 1 aromatic rings. The Bertz CT molecular complexity index is 474. The van der Waals surface area contributed by atoms with E-state index in [1.807, 2.05) is 0 Å². The Morgan fingerprint density at radius 1 is 1.43 bits per heavy atom. The molecule has 0 spiro atoms. The zero-order chi connectivity index (χ0) is 15.7. The monoisotopic (exact) mass is 298 g/mol. The van der Waals surface area contributed by atoms with Gasteiger partial charge in [0.15, 0.2) is 0 Å². The van der Waals surface area contributed by atoms with Crippen molar-refractivity contribution in [3.8, 4) is 0 Å². The minimum atomic E-state index is -1.32. The van der Waals surface area contributed by atoms with Crippen LogP contribution in [0.1, 0.15) is 12.8 Å². The second-order valence-electron chi connectivity index (χ2n) is 4.19. The summed E-state index contributed by atoms with van der Waals surface area (Å²) in [5.41, 5.74) is 0. The van der Waals surface area contributed by atoms with Crippen LogP contribution in [-0.4, -0.2) is 52.6 Å². The summed E-state index contributed by atoms with van der Waals surface area (Å²) in [7, 11) is 1.15. The van der Waals surface area contributed by atoms with Gasteiger partial charge in [-0.2, -0.15) is 5.10 Å². The number of carbonyl (C=O) groups is 3. The van der Waals surface area contributed by atoms with E-state index in [1.165, 1.54) is 0 Å². The van der Waals surface area contributed by atoms with Gasteiger partial charge in [-0.1, -0.05) is 0 Å². The number of nitrogens with one attached hydrogen (secondary N) is 2. The van der Waals surface area contributed by atoms with Gasteiger partial charge in [0.1, 0.15) is 6.04 Å². The molecule has 0 aromatic carbocycles. The molecule has 3 N–H and O–H groups in total. The van der Waals surface area contributed by atoms with Crippen molar-refractivity contribution in [3.63, 3.8) is 0 Å². The van der Waals surface area contributed by atoms with Crippen LogP contribution < -0.4 is 10.6 Å². The number of methoxy groups -OCH3 is 1. The molecule has 9 nitrogen and oxygen atoms in total. The van der Waals surface area contributed by atoms with Crippen LogP contribution in [0.4, 0.5) is 4.79 Å². The summed E-state index contributed by atoms with van der Waals surface area (Å²) >= 11 is 0. The lowest BCUT2D eigenvalue weighted by atomic mass is 10.2. The highest BCUT2D eigenvalue weighted by Crippen LogP contribution is 1.95. The van der Waals surface area contributed by atoms with Gasteiger partial charge in [0, 0.05) is 25.5 Å². The molecule has 0 unspecified atom stereocenters. The molecule has 0 aliphatic heterocycles. The first-order valence-corrected chi connectivity index (χ1v) is 6.34. The SMILES string of the molecule is COC(=O)C[C@H](NC(=O)NCCCn1cccn1)C(=O)O. The summed E-state index contributed by atoms with van der Waals surface area (Å²) in [4.78, 5) is 33.5. The van der Waals surface area contributed by atoms with Gasteiger partial charge in [-0.25, -0.2) is 9.59 Å². The molecule has 0 aliphatic rings. The number of amides is 2. The molecular formula is C12H18N4O5. The van der Waals surface area contributed by atoms with Crippen molar-refractivity contribution in [1.82, 2.24) is 20.4 Å². The standard InChI is InChI=1S/C12H18N4O5/c1-21-10(17)8-9(11(18)19)15-12(20)13-4-2-6-16-7-3-5-14-16/h3,5,7,9H,2,4,6,8H2,1H3,(H,18,19)(H2,13,15,20)/t9-/m0/s1. The number of ether oxygens (including phenoxy) is 1. The summed E-state index contributed by atoms with van der Waals surface area (Å²) < 4.78 is 6.09. The van der Waals surface area contributed by atoms with E-state index < -0.39 is 30.4 Å². The molecule has 0 radical (unpaired) electrons. The van der Waals surface area contributed by atoms with Gasteiger partial charge in [0.25, 0.3) is 0 Å². The Morgan fingerprint density at radius 2 is 2.19 bits per heavy atom. The number of rotatable bonds is 8. The number of aromatic nitrogens is 2.